The van der Waals surface area contributed by atoms with Crippen molar-refractivity contribution in [2.24, 2.45) is 11.8 Å². The van der Waals surface area contributed by atoms with Crippen LogP contribution in [0.2, 0.25) is 0 Å². The van der Waals surface area contributed by atoms with Crippen LogP contribution in [0.25, 0.3) is 22.0 Å². The van der Waals surface area contributed by atoms with Gasteiger partial charge in [0.25, 0.3) is 0 Å². The highest BCUT2D eigenvalue weighted by molar-refractivity contribution is 5.99. The van der Waals surface area contributed by atoms with Crippen LogP contribution in [0, 0.1) is 25.7 Å². The van der Waals surface area contributed by atoms with Gasteiger partial charge in [0.15, 0.2) is 0 Å². The number of aryl methyl sites for hydroxylation is 1. The van der Waals surface area contributed by atoms with Gasteiger partial charge in [0.1, 0.15) is 17.2 Å². The van der Waals surface area contributed by atoms with Crippen molar-refractivity contribution in [3.63, 3.8) is 0 Å². The Balaban J connectivity index is 1.69. The second kappa shape index (κ2) is 8.55. The number of nitrogens with one attached hydrogen (secondary N) is 2. The van der Waals surface area contributed by atoms with Crippen molar-refractivity contribution in [1.82, 2.24) is 15.0 Å². The Morgan fingerprint density at radius 2 is 1.82 bits per heavy atom. The number of rotatable bonds is 4. The van der Waals surface area contributed by atoms with Crippen LogP contribution in [0.15, 0.2) is 24.5 Å². The first-order chi connectivity index (χ1) is 15.9. The van der Waals surface area contributed by atoms with E-state index < -0.39 is 11.7 Å². The van der Waals surface area contributed by atoms with Crippen molar-refractivity contribution in [2.75, 3.05) is 16.4 Å². The summed E-state index contributed by atoms with van der Waals surface area (Å²) in [5.74, 6) is 1.23. The van der Waals surface area contributed by atoms with E-state index in [0.29, 0.717) is 34.3 Å². The van der Waals surface area contributed by atoms with E-state index in [2.05, 4.69) is 32.5 Å². The summed E-state index contributed by atoms with van der Waals surface area (Å²) in [7, 11) is 0. The molecule has 1 aliphatic carbocycles. The molecule has 178 valence electrons. The van der Waals surface area contributed by atoms with Gasteiger partial charge in [-0.15, -0.1) is 0 Å². The van der Waals surface area contributed by atoms with Crippen molar-refractivity contribution >= 4 is 40.1 Å². The summed E-state index contributed by atoms with van der Waals surface area (Å²) in [6.07, 6.45) is 3.55. The van der Waals surface area contributed by atoms with E-state index in [1.165, 1.54) is 0 Å². The van der Waals surface area contributed by atoms with Crippen LogP contribution in [0.4, 0.5) is 22.1 Å². The topological polar surface area (TPSA) is 132 Å². The average molecular weight is 463 g/mol. The highest BCUT2D eigenvalue weighted by Crippen LogP contribution is 2.38. The van der Waals surface area contributed by atoms with E-state index in [1.807, 2.05) is 19.9 Å². The number of carbonyl (C=O) groups is 2. The summed E-state index contributed by atoms with van der Waals surface area (Å²) in [5, 5.41) is 7.14. The number of pyridine rings is 3. The Bertz CT molecular complexity index is 1300. The normalized spacial score (nSPS) is 17.4. The number of carbonyl (C=O) groups excluding carboxylic acids is 2. The first-order valence-electron chi connectivity index (χ1n) is 11.3. The monoisotopic (exact) mass is 462 g/mol. The lowest BCUT2D eigenvalue weighted by Gasteiger charge is -2.21. The van der Waals surface area contributed by atoms with Crippen LogP contribution in [-0.4, -0.2) is 32.6 Å². The summed E-state index contributed by atoms with van der Waals surface area (Å²) in [6.45, 7) is 11.2. The van der Waals surface area contributed by atoms with E-state index in [1.54, 1.807) is 39.2 Å². The van der Waals surface area contributed by atoms with Gasteiger partial charge in [0.05, 0.1) is 17.6 Å². The lowest BCUT2D eigenvalue weighted by atomic mass is 10.0. The number of ether oxygens (including phenoxy) is 1. The minimum Gasteiger partial charge on any atom is -0.444 e. The van der Waals surface area contributed by atoms with Crippen LogP contribution < -0.4 is 16.4 Å². The van der Waals surface area contributed by atoms with Crippen molar-refractivity contribution in [3.05, 3.63) is 35.8 Å². The molecule has 0 aromatic carbocycles. The molecule has 1 aliphatic rings. The number of hydrogen-bond donors (Lipinski definition) is 3. The smallest absolute Gasteiger partial charge is 0.412 e. The minimum atomic E-state index is -0.619. The van der Waals surface area contributed by atoms with Crippen LogP contribution in [0.3, 0.4) is 0 Å². The van der Waals surface area contributed by atoms with E-state index >= 15 is 0 Å². The van der Waals surface area contributed by atoms with Crippen molar-refractivity contribution in [2.45, 2.75) is 53.6 Å². The third kappa shape index (κ3) is 4.93. The molecule has 4 rings (SSSR count). The Labute approximate surface area is 198 Å². The number of nitrogen functional groups attached to an aromatic ring is 1. The zero-order valence-electron chi connectivity index (χ0n) is 20.3. The number of amides is 2. The summed E-state index contributed by atoms with van der Waals surface area (Å²) >= 11 is 0. The van der Waals surface area contributed by atoms with Gasteiger partial charge in [-0.1, -0.05) is 6.92 Å². The van der Waals surface area contributed by atoms with Gasteiger partial charge in [-0.2, -0.15) is 0 Å². The molecule has 2 atom stereocenters. The first kappa shape index (κ1) is 23.4. The standard InChI is InChI=1S/C25H30N6O3/c1-12-7-16(12)23(32)31-20-9-15-8-18(29-22(26)17(15)10-28-20)21-13(2)19(11-27-14(21)3)30-24(33)34-25(4,5)6/h8-12,16H,7H2,1-6H3,(H2,26,29)(H,30,33)(H,28,31,32). The van der Waals surface area contributed by atoms with Gasteiger partial charge in [-0.05, 0) is 70.0 Å². The molecule has 2 unspecified atom stereocenters. The molecule has 0 spiro atoms. The quantitative estimate of drug-likeness (QED) is 0.506. The van der Waals surface area contributed by atoms with Crippen molar-refractivity contribution in [3.8, 4) is 11.3 Å². The third-order valence-corrected chi connectivity index (χ3v) is 5.86. The third-order valence-electron chi connectivity index (χ3n) is 5.86. The fourth-order valence-electron chi connectivity index (χ4n) is 3.92. The van der Waals surface area contributed by atoms with E-state index in [-0.39, 0.29) is 11.8 Å². The molecule has 2 amide bonds. The number of nitrogens with zero attached hydrogens (tertiary/aromatic N) is 3. The Kier molecular flexibility index (Phi) is 5.89. The van der Waals surface area contributed by atoms with Gasteiger partial charge in [0, 0.05) is 28.8 Å². The highest BCUT2D eigenvalue weighted by Gasteiger charge is 2.39. The molecule has 9 heteroatoms. The summed E-state index contributed by atoms with van der Waals surface area (Å²) in [5.41, 5.74) is 9.07. The molecule has 0 aliphatic heterocycles. The molecule has 0 bridgehead atoms. The molecule has 9 nitrogen and oxygen atoms in total. The van der Waals surface area contributed by atoms with Gasteiger partial charge in [-0.3, -0.25) is 15.1 Å². The molecule has 4 N–H and O–H groups in total. The largest absolute Gasteiger partial charge is 0.444 e. The highest BCUT2D eigenvalue weighted by atomic mass is 16.6. The molecule has 0 radical (unpaired) electrons. The summed E-state index contributed by atoms with van der Waals surface area (Å²) in [4.78, 5) is 38.0. The van der Waals surface area contributed by atoms with Crippen LogP contribution >= 0.6 is 0 Å². The fraction of sp³-hybridized carbons (Fsp3) is 0.400. The number of hydrogen-bond acceptors (Lipinski definition) is 7. The van der Waals surface area contributed by atoms with Crippen LogP contribution in [-0.2, 0) is 9.53 Å². The maximum atomic E-state index is 12.3. The maximum absolute atomic E-state index is 12.3. The SMILES string of the molecule is Cc1ncc(NC(=O)OC(C)(C)C)c(C)c1-c1cc2cc(NC(=O)C3CC3C)ncc2c(N)n1. The molecule has 3 heterocycles. The van der Waals surface area contributed by atoms with Crippen molar-refractivity contribution in [1.29, 1.82) is 0 Å². The molecule has 3 aromatic heterocycles. The minimum absolute atomic E-state index is 0.0154. The first-order valence-corrected chi connectivity index (χ1v) is 11.3. The average Bonchev–Trinajstić information content (AvgIpc) is 3.45. The second-order valence-corrected chi connectivity index (χ2v) is 9.88. The van der Waals surface area contributed by atoms with Crippen LogP contribution in [0.1, 0.15) is 45.4 Å². The van der Waals surface area contributed by atoms with Gasteiger partial charge < -0.3 is 15.8 Å². The number of fused-ring (bicyclic) bond motifs is 1. The van der Waals surface area contributed by atoms with Crippen LogP contribution in [0.5, 0.6) is 0 Å². The lowest BCUT2D eigenvalue weighted by Crippen LogP contribution is -2.27. The van der Waals surface area contributed by atoms with Gasteiger partial charge in [-0.25, -0.2) is 14.8 Å². The molecular weight excluding hydrogens is 432 g/mol. The van der Waals surface area contributed by atoms with Crippen molar-refractivity contribution < 1.29 is 14.3 Å². The van der Waals surface area contributed by atoms with E-state index in [4.69, 9.17) is 10.5 Å². The summed E-state index contributed by atoms with van der Waals surface area (Å²) < 4.78 is 5.37. The molecule has 1 saturated carbocycles. The fourth-order valence-corrected chi connectivity index (χ4v) is 3.92. The molecule has 3 aromatic rings. The van der Waals surface area contributed by atoms with Gasteiger partial charge in [0.2, 0.25) is 5.91 Å². The Hall–Kier alpha value is -3.75. The predicted molar refractivity (Wildman–Crippen MR) is 132 cm³/mol. The molecule has 1 fully saturated rings. The second-order valence-electron chi connectivity index (χ2n) is 9.88. The lowest BCUT2D eigenvalue weighted by molar-refractivity contribution is -0.117. The van der Waals surface area contributed by atoms with E-state index in [9.17, 15) is 9.59 Å². The molecule has 34 heavy (non-hydrogen) atoms. The number of aromatic nitrogens is 3. The number of anilines is 3. The van der Waals surface area contributed by atoms with E-state index in [0.717, 1.165) is 28.6 Å². The zero-order chi connectivity index (χ0) is 24.8. The van der Waals surface area contributed by atoms with Gasteiger partial charge >= 0.3 is 6.09 Å². The predicted octanol–water partition coefficient (Wildman–Crippen LogP) is 4.83. The Morgan fingerprint density at radius 3 is 2.47 bits per heavy atom. The summed E-state index contributed by atoms with van der Waals surface area (Å²) in [6, 6.07) is 3.68. The number of nitrogens with two attached hydrogens (primary N) is 1. The maximum Gasteiger partial charge on any atom is 0.412 e. The zero-order valence-corrected chi connectivity index (χ0v) is 20.3. The molecule has 0 saturated heterocycles. The Morgan fingerprint density at radius 1 is 1.12 bits per heavy atom. The molecular formula is C25H30N6O3.